The van der Waals surface area contributed by atoms with Gasteiger partial charge >= 0.3 is 0 Å². The van der Waals surface area contributed by atoms with E-state index < -0.39 is 0 Å². The maximum absolute atomic E-state index is 5.90. The van der Waals surface area contributed by atoms with E-state index in [1.165, 1.54) is 4.90 Å². The van der Waals surface area contributed by atoms with Crippen LogP contribution in [0.25, 0.3) is 0 Å². The van der Waals surface area contributed by atoms with Crippen molar-refractivity contribution < 1.29 is 0 Å². The summed E-state index contributed by atoms with van der Waals surface area (Å²) in [4.78, 5) is 1.25. The first-order valence-electron chi connectivity index (χ1n) is 4.76. The lowest BCUT2D eigenvalue weighted by molar-refractivity contribution is 0.782. The Kier molecular flexibility index (Phi) is 5.85. The lowest BCUT2D eigenvalue weighted by Gasteiger charge is -2.07. The quantitative estimate of drug-likeness (QED) is 0.678. The van der Waals surface area contributed by atoms with Gasteiger partial charge < -0.3 is 5.73 Å². The Bertz CT molecular complexity index is 350. The summed E-state index contributed by atoms with van der Waals surface area (Å²) in [5.74, 6) is 6.77. The molecule has 15 heavy (non-hydrogen) atoms. The molecule has 2 N–H and O–H groups in total. The fourth-order valence-electron chi connectivity index (χ4n) is 1.03. The summed E-state index contributed by atoms with van der Waals surface area (Å²) in [5, 5.41) is 0. The lowest BCUT2D eigenvalue weighted by Crippen LogP contribution is -2.21. The van der Waals surface area contributed by atoms with Crippen LogP contribution in [-0.4, -0.2) is 11.8 Å². The molecule has 1 atom stereocenters. The number of thioether (sulfide) groups is 1. The molecule has 0 radical (unpaired) electrons. The molecule has 0 aliphatic heterocycles. The van der Waals surface area contributed by atoms with E-state index in [2.05, 4.69) is 39.9 Å². The van der Waals surface area contributed by atoms with Gasteiger partial charge in [0.05, 0.1) is 0 Å². The average Bonchev–Trinajstić information content (AvgIpc) is 2.25. The van der Waals surface area contributed by atoms with Crippen LogP contribution < -0.4 is 5.73 Å². The number of rotatable bonds is 4. The first-order valence-corrected chi connectivity index (χ1v) is 6.54. The molecule has 0 fully saturated rings. The zero-order chi connectivity index (χ0) is 11.1. The van der Waals surface area contributed by atoms with Gasteiger partial charge in [-0.3, -0.25) is 0 Å². The maximum Gasteiger partial charge on any atom is 0.0249 e. The Morgan fingerprint density at radius 2 is 2.07 bits per heavy atom. The van der Waals surface area contributed by atoms with E-state index in [4.69, 9.17) is 5.73 Å². The number of nitrogens with two attached hydrogens (primary N) is 1. The molecule has 0 heterocycles. The largest absolute Gasteiger partial charge is 0.326 e. The van der Waals surface area contributed by atoms with Crippen LogP contribution in [0.5, 0.6) is 0 Å². The van der Waals surface area contributed by atoms with Crippen LogP contribution in [0.4, 0.5) is 0 Å². The van der Waals surface area contributed by atoms with E-state index in [1.807, 2.05) is 19.1 Å². The summed E-state index contributed by atoms with van der Waals surface area (Å²) >= 11 is 5.18. The lowest BCUT2D eigenvalue weighted by atomic mass is 10.2. The second-order valence-electron chi connectivity index (χ2n) is 3.16. The van der Waals surface area contributed by atoms with E-state index in [9.17, 15) is 0 Å². The van der Waals surface area contributed by atoms with Crippen molar-refractivity contribution in [3.8, 4) is 11.8 Å². The number of hydrogen-bond donors (Lipinski definition) is 1. The van der Waals surface area contributed by atoms with Crippen molar-refractivity contribution in [1.29, 1.82) is 0 Å². The Morgan fingerprint density at radius 1 is 1.40 bits per heavy atom. The summed E-state index contributed by atoms with van der Waals surface area (Å²) in [6.45, 7) is 1.84. The Hall–Kier alpha value is -0.430. The second kappa shape index (κ2) is 6.95. The Labute approximate surface area is 104 Å². The highest BCUT2D eigenvalue weighted by Crippen LogP contribution is 2.21. The molecule has 0 aliphatic carbocycles. The van der Waals surface area contributed by atoms with Gasteiger partial charge in [0.25, 0.3) is 0 Å². The molecule has 1 unspecified atom stereocenters. The second-order valence-corrected chi connectivity index (χ2v) is 5.16. The molecule has 1 nitrogen and oxygen atoms in total. The first kappa shape index (κ1) is 12.6. The maximum atomic E-state index is 5.90. The van der Waals surface area contributed by atoms with Crippen LogP contribution in [0.15, 0.2) is 33.6 Å². The van der Waals surface area contributed by atoms with Gasteiger partial charge in [-0.25, -0.2) is 0 Å². The van der Waals surface area contributed by atoms with Gasteiger partial charge in [0.1, 0.15) is 0 Å². The van der Waals surface area contributed by atoms with Crippen molar-refractivity contribution >= 4 is 27.7 Å². The van der Waals surface area contributed by atoms with Crippen LogP contribution in [0.1, 0.15) is 13.3 Å². The smallest absolute Gasteiger partial charge is 0.0249 e. The van der Waals surface area contributed by atoms with E-state index in [0.29, 0.717) is 0 Å². The molecule has 0 saturated heterocycles. The normalized spacial score (nSPS) is 11.7. The average molecular weight is 284 g/mol. The third-order valence-corrected chi connectivity index (χ3v) is 3.55. The van der Waals surface area contributed by atoms with Crippen molar-refractivity contribution in [2.75, 3.05) is 5.75 Å². The Morgan fingerprint density at radius 3 is 2.67 bits per heavy atom. The third kappa shape index (κ3) is 5.27. The fraction of sp³-hybridized carbons (Fsp3) is 0.333. The molecular weight excluding hydrogens is 270 g/mol. The summed E-state index contributed by atoms with van der Waals surface area (Å²) in [6.07, 6.45) is 0.778. The molecule has 1 aromatic rings. The van der Waals surface area contributed by atoms with E-state index in [1.54, 1.807) is 11.8 Å². The van der Waals surface area contributed by atoms with Crippen molar-refractivity contribution in [1.82, 2.24) is 0 Å². The highest BCUT2D eigenvalue weighted by atomic mass is 79.9. The van der Waals surface area contributed by atoms with Gasteiger partial charge in [-0.1, -0.05) is 15.9 Å². The van der Waals surface area contributed by atoms with Gasteiger partial charge in [0.15, 0.2) is 0 Å². The molecule has 1 rings (SSSR count). The fourth-order valence-corrected chi connectivity index (χ4v) is 2.14. The minimum absolute atomic E-state index is 0.158. The summed E-state index contributed by atoms with van der Waals surface area (Å²) in [7, 11) is 0. The van der Waals surface area contributed by atoms with Crippen molar-refractivity contribution in [2.45, 2.75) is 24.3 Å². The molecule has 0 aromatic heterocycles. The summed E-state index contributed by atoms with van der Waals surface area (Å²) < 4.78 is 1.10. The molecule has 3 heteroatoms. The van der Waals surface area contributed by atoms with E-state index >= 15 is 0 Å². The van der Waals surface area contributed by atoms with Crippen molar-refractivity contribution in [2.24, 2.45) is 5.73 Å². The predicted molar refractivity (Wildman–Crippen MR) is 70.9 cm³/mol. The minimum atomic E-state index is 0.158. The van der Waals surface area contributed by atoms with E-state index in [-0.39, 0.29) is 6.04 Å². The number of benzene rings is 1. The van der Waals surface area contributed by atoms with Gasteiger partial charge in [-0.2, -0.15) is 0 Å². The highest BCUT2D eigenvalue weighted by Gasteiger charge is 2.01. The van der Waals surface area contributed by atoms with E-state index in [0.717, 1.165) is 16.6 Å². The molecular formula is C12H14BrNS. The predicted octanol–water partition coefficient (Wildman–Crippen LogP) is 3.28. The molecule has 1 aromatic carbocycles. The zero-order valence-electron chi connectivity index (χ0n) is 8.66. The van der Waals surface area contributed by atoms with Crippen LogP contribution in [0.2, 0.25) is 0 Å². The summed E-state index contributed by atoms with van der Waals surface area (Å²) in [6, 6.07) is 8.42. The number of hydrogen-bond acceptors (Lipinski definition) is 2. The summed E-state index contributed by atoms with van der Waals surface area (Å²) in [5.41, 5.74) is 5.90. The standard InChI is InChI=1S/C12H14BrNS/c1-2-3-4-11(14)9-15-12-7-5-10(13)6-8-12/h5-8,11H,4,9,14H2,1H3. The third-order valence-electron chi connectivity index (χ3n) is 1.82. The van der Waals surface area contributed by atoms with Gasteiger partial charge in [-0.05, 0) is 31.2 Å². The van der Waals surface area contributed by atoms with Gasteiger partial charge in [0, 0.05) is 27.6 Å². The Balaban J connectivity index is 2.35. The minimum Gasteiger partial charge on any atom is -0.326 e. The van der Waals surface area contributed by atoms with Gasteiger partial charge in [0.2, 0.25) is 0 Å². The van der Waals surface area contributed by atoms with Crippen LogP contribution in [0, 0.1) is 11.8 Å². The molecule has 0 saturated carbocycles. The molecule has 0 spiro atoms. The van der Waals surface area contributed by atoms with Crippen LogP contribution >= 0.6 is 27.7 Å². The molecule has 0 amide bonds. The zero-order valence-corrected chi connectivity index (χ0v) is 11.1. The van der Waals surface area contributed by atoms with Crippen LogP contribution in [-0.2, 0) is 0 Å². The van der Waals surface area contributed by atoms with Crippen LogP contribution in [0.3, 0.4) is 0 Å². The SMILES string of the molecule is CC#CCC(N)CSc1ccc(Br)cc1. The first-order chi connectivity index (χ1) is 7.22. The van der Waals surface area contributed by atoms with Gasteiger partial charge in [-0.15, -0.1) is 23.6 Å². The highest BCUT2D eigenvalue weighted by molar-refractivity contribution is 9.10. The topological polar surface area (TPSA) is 26.0 Å². The van der Waals surface area contributed by atoms with Crippen molar-refractivity contribution in [3.63, 3.8) is 0 Å². The van der Waals surface area contributed by atoms with Crippen molar-refractivity contribution in [3.05, 3.63) is 28.7 Å². The number of halogens is 1. The molecule has 80 valence electrons. The molecule has 0 aliphatic rings. The molecule has 0 bridgehead atoms. The monoisotopic (exact) mass is 283 g/mol.